The Morgan fingerprint density at radius 3 is 1.78 bits per heavy atom. The molecule has 0 fully saturated rings. The van der Waals surface area contributed by atoms with Crippen LogP contribution in [0.4, 0.5) is 0 Å². The Morgan fingerprint density at radius 2 is 1.17 bits per heavy atom. The van der Waals surface area contributed by atoms with Crippen LogP contribution >= 0.6 is 31.9 Å². The summed E-state index contributed by atoms with van der Waals surface area (Å²) in [5.41, 5.74) is 12.7. The van der Waals surface area contributed by atoms with Gasteiger partial charge in [0.15, 0.2) is 11.9 Å². The molecule has 588 valence electrons. The molecule has 0 aliphatic carbocycles. The van der Waals surface area contributed by atoms with Crippen molar-refractivity contribution in [2.24, 2.45) is 17.4 Å². The Hall–Kier alpha value is -10.7. The van der Waals surface area contributed by atoms with Gasteiger partial charge < -0.3 is 110 Å². The van der Waals surface area contributed by atoms with Crippen molar-refractivity contribution >= 4 is 126 Å². The second kappa shape index (κ2) is 42.2. The number of imidazole rings is 1. The van der Waals surface area contributed by atoms with Crippen LogP contribution in [-0.4, -0.2) is 238 Å². The summed E-state index contributed by atoms with van der Waals surface area (Å²) in [6.07, 6.45) is -8.62. The summed E-state index contributed by atoms with van der Waals surface area (Å²) in [7, 11) is 0. The van der Waals surface area contributed by atoms with Crippen molar-refractivity contribution < 1.29 is 108 Å². The number of rotatable bonds is 16. The third kappa shape index (κ3) is 28.1. The van der Waals surface area contributed by atoms with Crippen LogP contribution in [0.15, 0.2) is 118 Å². The van der Waals surface area contributed by atoms with Gasteiger partial charge in [0.1, 0.15) is 54.4 Å². The van der Waals surface area contributed by atoms with Crippen LogP contribution < -0.4 is 70.0 Å². The van der Waals surface area contributed by atoms with Crippen LogP contribution in [0.2, 0.25) is 0 Å². The second-order valence-electron chi connectivity index (χ2n) is 25.9. The Bertz CT molecular complexity index is 4020. The number of benzene rings is 3. The second-order valence-corrected chi connectivity index (χ2v) is 27.8. The molecule has 15 atom stereocenters. The molecular weight excluding hydrogens is 1560 g/mol. The lowest BCUT2D eigenvalue weighted by Crippen LogP contribution is -2.63. The van der Waals surface area contributed by atoms with Gasteiger partial charge in [-0.2, -0.15) is 0 Å². The predicted octanol–water partition coefficient (Wildman–Crippen LogP) is -5.88. The lowest BCUT2D eigenvalue weighted by atomic mass is 9.96. The zero-order valence-electron chi connectivity index (χ0n) is 58.8. The van der Waals surface area contributed by atoms with Crippen molar-refractivity contribution in [2.75, 3.05) is 19.8 Å². The first kappa shape index (κ1) is 87.2. The number of carbonyl (C=O) groups is 15. The van der Waals surface area contributed by atoms with E-state index in [4.69, 9.17) is 11.5 Å². The topological polar surface area (TPSA) is 600 Å². The molecule has 109 heavy (non-hydrogen) atoms. The van der Waals surface area contributed by atoms with Crippen LogP contribution in [0.3, 0.4) is 0 Å². The SMILES string of the molecule is CC(/C=C/c1ccc(Br)cc1)=C\[C@H](O)[C@@H]1CC(=O)N[C@@H](CO)C(=O)C[C@@H]2Cn3cnc(c3)C[C@H](NC(=O)C[C@H](O)CC(C(=O)O)NC(=O)CCNC(=O)C(Cc3ccc(Br)cc3)NC(=O)C([C@@H](O)C(N)=O)NC(=O)[C@H](CC(N)=O)NC2=O)C(=O)N[C@@H]([C@H](C)O)C(=O)NC(CO)C(=O)N[C@@H](Cc2ccccc2)C(=O)N1. The minimum atomic E-state index is -2.64. The number of hydrogen-bond donors (Lipinski definition) is 20. The van der Waals surface area contributed by atoms with E-state index in [1.165, 1.54) is 18.2 Å². The van der Waals surface area contributed by atoms with Gasteiger partial charge in [0.2, 0.25) is 76.8 Å². The highest BCUT2D eigenvalue weighted by Gasteiger charge is 2.41. The van der Waals surface area contributed by atoms with E-state index in [-0.39, 0.29) is 18.5 Å². The highest BCUT2D eigenvalue weighted by Crippen LogP contribution is 2.19. The number of carboxylic acids is 1. The molecule has 22 N–H and O–H groups in total. The molecule has 4 aromatic rings. The molecule has 0 radical (unpaired) electrons. The van der Waals surface area contributed by atoms with E-state index in [0.717, 1.165) is 34.1 Å². The van der Waals surface area contributed by atoms with Crippen LogP contribution in [0.25, 0.3) is 6.08 Å². The standard InChI is InChI=1S/C70H87Br2N15O22/c1-34(8-9-36-10-14-40(71)15-11-36)20-52(92)44-28-57(97)79-50(31-88)53(93)23-39-29-87-30-42(76-33-87)24-47(65(103)85-58(35(2)90)68(106)84-51(32-89)67(105)82-46(64(102)80-44)21-37-6-4-3-5-7-37)77-56(96)26-43(91)25-49(70(108)109)78-55(95)18-19-75-63(101)45(22-38-12-16-41(72)17-13-38)83-69(107)59(60(98)61(74)99)86-66(104)48(27-54(73)94)81-62(39)100/h3-17,20,30,33,35,39,43-52,58-60,88-92,98H,18-19,21-29,31-32H2,1-2H3,(H2,73,94)(H2,74,99)(H,75,101)(H,77,96)(H,78,95)(H,79,97)(H,80,102)(H,81,100)(H,82,105)(H,83,107)(H,84,106)(H,85,103)(H,86,104)(H,108,109)/b9-8+,34-20+/t35-,39+,43+,44-,45?,46-,47-,48-,49?,50-,51?,52-,58-,59?,60+/m0/s1. The van der Waals surface area contributed by atoms with Crippen molar-refractivity contribution in [1.82, 2.24) is 68.0 Å². The first-order chi connectivity index (χ1) is 51.6. The third-order valence-electron chi connectivity index (χ3n) is 17.1. The van der Waals surface area contributed by atoms with E-state index >= 15 is 0 Å². The molecule has 2 aliphatic heterocycles. The molecule has 0 saturated heterocycles. The van der Waals surface area contributed by atoms with Gasteiger partial charge in [0.25, 0.3) is 0 Å². The molecule has 3 aromatic carbocycles. The van der Waals surface area contributed by atoms with Gasteiger partial charge in [-0.3, -0.25) is 67.1 Å². The monoisotopic (exact) mass is 1650 g/mol. The first-order valence-corrected chi connectivity index (χ1v) is 35.7. The summed E-state index contributed by atoms with van der Waals surface area (Å²) in [6, 6.07) is 1.63. The number of nitrogens with one attached hydrogen (secondary N) is 11. The normalized spacial score (nSPS) is 25.5. The van der Waals surface area contributed by atoms with Gasteiger partial charge in [-0.1, -0.05) is 110 Å². The minimum Gasteiger partial charge on any atom is -0.480 e. The van der Waals surface area contributed by atoms with Gasteiger partial charge in [0.05, 0.1) is 68.3 Å². The first-order valence-electron chi connectivity index (χ1n) is 34.1. The minimum absolute atomic E-state index is 0.177. The number of halogens is 2. The van der Waals surface area contributed by atoms with Crippen molar-refractivity contribution in [2.45, 2.75) is 163 Å². The maximum absolute atomic E-state index is 15.0. The van der Waals surface area contributed by atoms with Crippen molar-refractivity contribution in [1.29, 1.82) is 0 Å². The number of hydrogen-bond acceptors (Lipinski definition) is 22. The largest absolute Gasteiger partial charge is 0.480 e. The molecule has 4 bridgehead atoms. The Labute approximate surface area is 639 Å². The fourth-order valence-corrected chi connectivity index (χ4v) is 11.8. The zero-order valence-corrected chi connectivity index (χ0v) is 62.0. The van der Waals surface area contributed by atoms with Crippen molar-refractivity contribution in [3.8, 4) is 0 Å². The van der Waals surface area contributed by atoms with E-state index in [2.05, 4.69) is 90.0 Å². The highest BCUT2D eigenvalue weighted by atomic mass is 79.9. The predicted molar refractivity (Wildman–Crippen MR) is 389 cm³/mol. The number of nitrogens with two attached hydrogens (primary N) is 2. The number of aliphatic hydroxyl groups is 6. The summed E-state index contributed by atoms with van der Waals surface area (Å²) in [5, 5.41) is 102. The summed E-state index contributed by atoms with van der Waals surface area (Å²) in [6.45, 7) is -1.10. The molecule has 4 unspecified atom stereocenters. The number of aliphatic carboxylic acids is 1. The number of primary amides is 2. The number of Topliss-reactive ketones (excluding diaryl/α,β-unsaturated/α-hetero) is 1. The van der Waals surface area contributed by atoms with Crippen LogP contribution in [-0.2, 0) is 97.7 Å². The van der Waals surface area contributed by atoms with Gasteiger partial charge in [0, 0.05) is 73.2 Å². The van der Waals surface area contributed by atoms with Gasteiger partial charge in [-0.05, 0) is 54.8 Å². The highest BCUT2D eigenvalue weighted by molar-refractivity contribution is 9.10. The molecule has 39 heteroatoms. The average molecular weight is 1650 g/mol. The molecule has 0 saturated carbocycles. The number of aliphatic hydroxyl groups excluding tert-OH is 6. The number of nitrogens with zero attached hydrogens (tertiary/aromatic N) is 2. The van der Waals surface area contributed by atoms with Crippen molar-refractivity contribution in [3.63, 3.8) is 0 Å². The van der Waals surface area contributed by atoms with Gasteiger partial charge >= 0.3 is 5.97 Å². The summed E-state index contributed by atoms with van der Waals surface area (Å²) in [5.74, 6) is -21.4. The molecule has 37 nitrogen and oxygen atoms in total. The van der Waals surface area contributed by atoms with E-state index < -0.39 is 251 Å². The maximum atomic E-state index is 15.0. The fraction of sp³-hybridized carbons (Fsp3) is 0.429. The molecular formula is C70H87Br2N15O22. The van der Waals surface area contributed by atoms with E-state index in [9.17, 15) is 108 Å². The summed E-state index contributed by atoms with van der Waals surface area (Å²) < 4.78 is 2.48. The molecule has 6 rings (SSSR count). The molecule has 0 spiro atoms. The number of carbonyl (C=O) groups excluding carboxylic acids is 14. The third-order valence-corrected chi connectivity index (χ3v) is 18.2. The number of fused-ring (bicyclic) bond motifs is 2. The van der Waals surface area contributed by atoms with Gasteiger partial charge in [-0.15, -0.1) is 0 Å². The average Bonchev–Trinajstić information content (AvgIpc) is 1.62. The van der Waals surface area contributed by atoms with Gasteiger partial charge in [-0.25, -0.2) is 9.78 Å². The lowest BCUT2D eigenvalue weighted by molar-refractivity contribution is -0.143. The fourth-order valence-electron chi connectivity index (χ4n) is 11.3. The maximum Gasteiger partial charge on any atom is 0.326 e. The summed E-state index contributed by atoms with van der Waals surface area (Å²) >= 11 is 6.66. The van der Waals surface area contributed by atoms with Crippen LogP contribution in [0.5, 0.6) is 0 Å². The lowest BCUT2D eigenvalue weighted by Gasteiger charge is -2.28. The number of allylic oxidation sites excluding steroid dienone is 2. The Kier molecular flexibility index (Phi) is 33.8. The van der Waals surface area contributed by atoms with Crippen molar-refractivity contribution in [3.05, 3.63) is 140 Å². The summed E-state index contributed by atoms with van der Waals surface area (Å²) in [4.78, 5) is 214. The smallest absolute Gasteiger partial charge is 0.326 e. The van der Waals surface area contributed by atoms with E-state index in [1.807, 2.05) is 5.32 Å². The molecule has 2 aliphatic rings. The molecule has 13 amide bonds. The molecule has 3 heterocycles. The number of amides is 13. The number of ketones is 1. The Balaban J connectivity index is 1.49. The quantitative estimate of drug-likeness (QED) is 0.0465. The number of aromatic nitrogens is 2. The molecule has 1 aromatic heterocycles. The van der Waals surface area contributed by atoms with E-state index in [1.54, 1.807) is 85.8 Å². The zero-order chi connectivity index (χ0) is 80.3. The van der Waals surface area contributed by atoms with Crippen LogP contribution in [0, 0.1) is 5.92 Å². The Morgan fingerprint density at radius 1 is 0.606 bits per heavy atom. The van der Waals surface area contributed by atoms with Crippen LogP contribution in [0.1, 0.15) is 74.8 Å². The van der Waals surface area contributed by atoms with E-state index in [0.29, 0.717) is 21.2 Å². The number of carboxylic acid groups (broad SMARTS) is 1.